The van der Waals surface area contributed by atoms with Crippen molar-refractivity contribution in [3.63, 3.8) is 0 Å². The first-order valence-electron chi connectivity index (χ1n) is 3.29. The summed E-state index contributed by atoms with van der Waals surface area (Å²) in [6.45, 7) is -0.360. The lowest BCUT2D eigenvalue weighted by Gasteiger charge is -1.98. The quantitative estimate of drug-likeness (QED) is 0.291. The van der Waals surface area contributed by atoms with E-state index in [9.17, 15) is 10.0 Å². The molecule has 0 spiro atoms. The van der Waals surface area contributed by atoms with Gasteiger partial charge in [0.15, 0.2) is 5.76 Å². The molecular formula is C7H8N2O3. The van der Waals surface area contributed by atoms with Gasteiger partial charge in [-0.2, -0.15) is 4.74 Å². The molecule has 0 aliphatic carbocycles. The molecular weight excluding hydrogens is 160 g/mol. The molecule has 5 nitrogen and oxygen atoms in total. The lowest BCUT2D eigenvalue weighted by molar-refractivity contribution is -0.439. The molecule has 1 aromatic heterocycles. The predicted molar refractivity (Wildman–Crippen MR) is 41.6 cm³/mol. The highest BCUT2D eigenvalue weighted by Gasteiger charge is 2.01. The third-order valence-corrected chi connectivity index (χ3v) is 1.13. The van der Waals surface area contributed by atoms with Crippen molar-refractivity contribution in [1.29, 1.82) is 0 Å². The number of nitrogens with two attached hydrogens (primary N) is 1. The molecule has 0 fully saturated rings. The number of amides is 1. The van der Waals surface area contributed by atoms with Crippen molar-refractivity contribution in [2.45, 2.75) is 0 Å². The Morgan fingerprint density at radius 2 is 2.58 bits per heavy atom. The SMILES string of the molecule is NC(=O)C/[N+]([O-])=C/c1ccco1. The first-order chi connectivity index (χ1) is 5.68. The van der Waals surface area contributed by atoms with Gasteiger partial charge >= 0.3 is 0 Å². The summed E-state index contributed by atoms with van der Waals surface area (Å²) in [6.07, 6.45) is 2.59. The van der Waals surface area contributed by atoms with E-state index in [0.717, 1.165) is 6.21 Å². The van der Waals surface area contributed by atoms with Crippen molar-refractivity contribution in [3.05, 3.63) is 29.4 Å². The predicted octanol–water partition coefficient (Wildman–Crippen LogP) is -0.306. The monoisotopic (exact) mass is 168 g/mol. The van der Waals surface area contributed by atoms with Crippen molar-refractivity contribution in [1.82, 2.24) is 0 Å². The molecule has 0 bridgehead atoms. The third kappa shape index (κ3) is 2.45. The van der Waals surface area contributed by atoms with Gasteiger partial charge in [-0.3, -0.25) is 4.79 Å². The smallest absolute Gasteiger partial charge is 0.284 e. The molecule has 12 heavy (non-hydrogen) atoms. The van der Waals surface area contributed by atoms with Crippen LogP contribution in [0.2, 0.25) is 0 Å². The van der Waals surface area contributed by atoms with Gasteiger partial charge in [-0.05, 0) is 12.1 Å². The van der Waals surface area contributed by atoms with Crippen LogP contribution in [0.25, 0.3) is 0 Å². The number of carbonyl (C=O) groups excluding carboxylic acids is 1. The van der Waals surface area contributed by atoms with E-state index in [1.165, 1.54) is 6.26 Å². The Kier molecular flexibility index (Phi) is 2.47. The van der Waals surface area contributed by atoms with Gasteiger partial charge in [0, 0.05) is 0 Å². The molecule has 0 atom stereocenters. The van der Waals surface area contributed by atoms with E-state index in [4.69, 9.17) is 10.2 Å². The average molecular weight is 168 g/mol. The van der Waals surface area contributed by atoms with Crippen molar-refractivity contribution < 1.29 is 14.0 Å². The zero-order valence-corrected chi connectivity index (χ0v) is 6.27. The molecule has 0 unspecified atom stereocenters. The molecule has 5 heteroatoms. The molecule has 2 N–H and O–H groups in total. The average Bonchev–Trinajstić information content (AvgIpc) is 2.37. The Hall–Kier alpha value is -1.78. The second-order valence-electron chi connectivity index (χ2n) is 2.19. The zero-order valence-electron chi connectivity index (χ0n) is 6.27. The normalized spacial score (nSPS) is 11.5. The molecule has 0 aliphatic heterocycles. The van der Waals surface area contributed by atoms with Gasteiger partial charge in [0.1, 0.15) is 0 Å². The van der Waals surface area contributed by atoms with Gasteiger partial charge in [-0.25, -0.2) is 0 Å². The molecule has 0 aromatic carbocycles. The molecule has 1 rings (SSSR count). The minimum atomic E-state index is -0.673. The van der Waals surface area contributed by atoms with E-state index in [0.29, 0.717) is 10.5 Å². The van der Waals surface area contributed by atoms with E-state index in [2.05, 4.69) is 0 Å². The van der Waals surface area contributed by atoms with Crippen LogP contribution >= 0.6 is 0 Å². The molecule has 1 heterocycles. The van der Waals surface area contributed by atoms with Crippen LogP contribution in [0.3, 0.4) is 0 Å². The second kappa shape index (κ2) is 3.56. The van der Waals surface area contributed by atoms with Crippen LogP contribution in [-0.2, 0) is 4.79 Å². The number of rotatable bonds is 3. The molecule has 64 valence electrons. The highest BCUT2D eigenvalue weighted by molar-refractivity contribution is 5.77. The van der Waals surface area contributed by atoms with Crippen molar-refractivity contribution >= 4 is 12.1 Å². The molecule has 0 aliphatic rings. The zero-order chi connectivity index (χ0) is 8.97. The largest absolute Gasteiger partial charge is 0.623 e. The van der Waals surface area contributed by atoms with Crippen LogP contribution in [0.15, 0.2) is 22.8 Å². The number of nitrogens with zero attached hydrogens (tertiary/aromatic N) is 1. The van der Waals surface area contributed by atoms with Crippen molar-refractivity contribution in [2.24, 2.45) is 5.73 Å². The van der Waals surface area contributed by atoms with E-state index < -0.39 is 5.91 Å². The van der Waals surface area contributed by atoms with Gasteiger partial charge in [0.05, 0.1) is 6.26 Å². The summed E-state index contributed by atoms with van der Waals surface area (Å²) in [6, 6.07) is 3.25. The van der Waals surface area contributed by atoms with Gasteiger partial charge in [-0.1, -0.05) is 0 Å². The summed E-state index contributed by atoms with van der Waals surface area (Å²) < 4.78 is 5.25. The maximum atomic E-state index is 10.8. The van der Waals surface area contributed by atoms with E-state index in [1.54, 1.807) is 12.1 Å². The number of furan rings is 1. The Morgan fingerprint density at radius 3 is 3.08 bits per heavy atom. The van der Waals surface area contributed by atoms with Crippen LogP contribution in [-0.4, -0.2) is 23.4 Å². The first-order valence-corrected chi connectivity index (χ1v) is 3.29. The fourth-order valence-electron chi connectivity index (χ4n) is 0.706. The number of primary amides is 1. The number of hydrogen-bond acceptors (Lipinski definition) is 3. The molecule has 0 radical (unpaired) electrons. The summed E-state index contributed by atoms with van der Waals surface area (Å²) in [5.74, 6) is -0.279. The van der Waals surface area contributed by atoms with Gasteiger partial charge in [0.25, 0.3) is 5.91 Å². The Bertz CT molecular complexity index is 290. The van der Waals surface area contributed by atoms with Crippen LogP contribution < -0.4 is 5.73 Å². The lowest BCUT2D eigenvalue weighted by Crippen LogP contribution is -2.23. The van der Waals surface area contributed by atoms with Gasteiger partial charge in [-0.15, -0.1) is 0 Å². The summed E-state index contributed by atoms with van der Waals surface area (Å²) >= 11 is 0. The van der Waals surface area contributed by atoms with Crippen LogP contribution in [0.4, 0.5) is 0 Å². The topological polar surface area (TPSA) is 82.3 Å². The summed E-state index contributed by atoms with van der Waals surface area (Å²) in [5, 5.41) is 10.8. The maximum absolute atomic E-state index is 10.8. The van der Waals surface area contributed by atoms with Crippen LogP contribution in [0, 0.1) is 5.21 Å². The Labute approximate surface area is 68.7 Å². The summed E-state index contributed by atoms with van der Waals surface area (Å²) in [4.78, 5) is 10.3. The summed E-state index contributed by atoms with van der Waals surface area (Å²) in [7, 11) is 0. The Balaban J connectivity index is 2.63. The van der Waals surface area contributed by atoms with Crippen LogP contribution in [0.5, 0.6) is 0 Å². The third-order valence-electron chi connectivity index (χ3n) is 1.13. The fraction of sp³-hybridized carbons (Fsp3) is 0.143. The van der Waals surface area contributed by atoms with Crippen molar-refractivity contribution in [2.75, 3.05) is 6.54 Å². The molecule has 1 aromatic rings. The maximum Gasteiger partial charge on any atom is 0.284 e. The summed E-state index contributed by atoms with van der Waals surface area (Å²) in [5.41, 5.74) is 4.79. The minimum absolute atomic E-state index is 0.360. The Morgan fingerprint density at radius 1 is 1.83 bits per heavy atom. The van der Waals surface area contributed by atoms with E-state index in [1.807, 2.05) is 0 Å². The number of hydrogen-bond donors (Lipinski definition) is 1. The molecule has 0 saturated heterocycles. The number of carbonyl (C=O) groups is 1. The number of hydroxylamine groups is 1. The lowest BCUT2D eigenvalue weighted by atomic mass is 10.5. The first kappa shape index (κ1) is 8.32. The molecule has 0 saturated carbocycles. The molecule has 1 amide bonds. The fourth-order valence-corrected chi connectivity index (χ4v) is 0.706. The highest BCUT2D eigenvalue weighted by atomic mass is 16.5. The van der Waals surface area contributed by atoms with Gasteiger partial charge in [0.2, 0.25) is 12.8 Å². The van der Waals surface area contributed by atoms with Crippen molar-refractivity contribution in [3.8, 4) is 0 Å². The highest BCUT2D eigenvalue weighted by Crippen LogP contribution is 1.94. The van der Waals surface area contributed by atoms with Crippen LogP contribution in [0.1, 0.15) is 5.76 Å². The minimum Gasteiger partial charge on any atom is -0.623 e. The second-order valence-corrected chi connectivity index (χ2v) is 2.19. The van der Waals surface area contributed by atoms with E-state index in [-0.39, 0.29) is 6.54 Å². The van der Waals surface area contributed by atoms with E-state index >= 15 is 0 Å². The van der Waals surface area contributed by atoms with Gasteiger partial charge < -0.3 is 15.4 Å². The standard InChI is InChI=1S/C7H8N2O3/c8-7(10)5-9(11)4-6-2-1-3-12-6/h1-4H,5H2,(H2,8,10)/b9-4-.